The third-order valence-electron chi connectivity index (χ3n) is 3.83. The van der Waals surface area contributed by atoms with Gasteiger partial charge in [-0.15, -0.1) is 0 Å². The van der Waals surface area contributed by atoms with Gasteiger partial charge in [-0.3, -0.25) is 4.79 Å². The first kappa shape index (κ1) is 11.3. The van der Waals surface area contributed by atoms with Crippen LogP contribution in [0.2, 0.25) is 0 Å². The second-order valence-corrected chi connectivity index (χ2v) is 4.77. The first-order chi connectivity index (χ1) is 8.74. The number of carbonyl (C=O) groups excluding carboxylic acids is 1. The van der Waals surface area contributed by atoms with Crippen molar-refractivity contribution in [3.05, 3.63) is 28.8 Å². The van der Waals surface area contributed by atoms with Crippen LogP contribution in [0.15, 0.2) is 17.7 Å². The largest absolute Gasteiger partial charge is 0.493 e. The van der Waals surface area contributed by atoms with E-state index in [4.69, 9.17) is 9.47 Å². The Kier molecular flexibility index (Phi) is 2.62. The lowest BCUT2D eigenvalue weighted by Crippen LogP contribution is -2.08. The quantitative estimate of drug-likeness (QED) is 0.802. The topological polar surface area (TPSA) is 35.5 Å². The molecule has 0 saturated carbocycles. The van der Waals surface area contributed by atoms with E-state index in [-0.39, 0.29) is 0 Å². The lowest BCUT2D eigenvalue weighted by Gasteiger charge is -2.14. The molecule has 0 amide bonds. The smallest absolute Gasteiger partial charge is 0.161 e. The Morgan fingerprint density at radius 1 is 1.00 bits per heavy atom. The molecule has 1 aromatic rings. The molecule has 2 aliphatic rings. The van der Waals surface area contributed by atoms with Gasteiger partial charge in [-0.25, -0.2) is 0 Å². The SMILES string of the molecule is COc1cc2c(cc1OC)C1=C(C2)C(=O)CCC1. The number of hydrogen-bond acceptors (Lipinski definition) is 3. The third-order valence-corrected chi connectivity index (χ3v) is 3.83. The van der Waals surface area contributed by atoms with Crippen LogP contribution in [0.4, 0.5) is 0 Å². The van der Waals surface area contributed by atoms with Crippen molar-refractivity contribution < 1.29 is 14.3 Å². The van der Waals surface area contributed by atoms with E-state index >= 15 is 0 Å². The van der Waals surface area contributed by atoms with Gasteiger partial charge in [0.25, 0.3) is 0 Å². The molecule has 3 nitrogen and oxygen atoms in total. The van der Waals surface area contributed by atoms with Crippen LogP contribution < -0.4 is 9.47 Å². The summed E-state index contributed by atoms with van der Waals surface area (Å²) in [7, 11) is 3.28. The second-order valence-electron chi connectivity index (χ2n) is 4.77. The average molecular weight is 244 g/mol. The summed E-state index contributed by atoms with van der Waals surface area (Å²) in [6.07, 6.45) is 3.42. The number of rotatable bonds is 2. The van der Waals surface area contributed by atoms with E-state index in [2.05, 4.69) is 0 Å². The Bertz CT molecular complexity index is 555. The van der Waals surface area contributed by atoms with Crippen molar-refractivity contribution in [1.82, 2.24) is 0 Å². The number of allylic oxidation sites excluding steroid dienone is 2. The van der Waals surface area contributed by atoms with Gasteiger partial charge in [-0.05, 0) is 41.7 Å². The van der Waals surface area contributed by atoms with Crippen LogP contribution >= 0.6 is 0 Å². The highest BCUT2D eigenvalue weighted by molar-refractivity contribution is 6.06. The van der Waals surface area contributed by atoms with Gasteiger partial charge in [-0.1, -0.05) is 0 Å². The lowest BCUT2D eigenvalue weighted by atomic mass is 9.91. The molecule has 0 heterocycles. The van der Waals surface area contributed by atoms with Crippen LogP contribution in [0.1, 0.15) is 30.4 Å². The molecule has 3 heteroatoms. The van der Waals surface area contributed by atoms with Gasteiger partial charge in [0.05, 0.1) is 14.2 Å². The van der Waals surface area contributed by atoms with E-state index in [1.54, 1.807) is 14.2 Å². The third kappa shape index (κ3) is 1.54. The summed E-state index contributed by atoms with van der Waals surface area (Å²) in [6, 6.07) is 4.01. The van der Waals surface area contributed by atoms with Crippen molar-refractivity contribution in [2.24, 2.45) is 0 Å². The van der Waals surface area contributed by atoms with E-state index in [0.717, 1.165) is 36.3 Å². The molecule has 1 aromatic carbocycles. The Balaban J connectivity index is 2.12. The van der Waals surface area contributed by atoms with Gasteiger partial charge < -0.3 is 9.47 Å². The van der Waals surface area contributed by atoms with Crippen LogP contribution in [-0.4, -0.2) is 20.0 Å². The molecule has 3 rings (SSSR count). The number of methoxy groups -OCH3 is 2. The molecule has 0 spiro atoms. The molecule has 2 aliphatic carbocycles. The number of fused-ring (bicyclic) bond motifs is 2. The lowest BCUT2D eigenvalue weighted by molar-refractivity contribution is -0.115. The summed E-state index contributed by atoms with van der Waals surface area (Å²) in [6.45, 7) is 0. The number of ketones is 1. The molecule has 0 saturated heterocycles. The Morgan fingerprint density at radius 2 is 1.72 bits per heavy atom. The fourth-order valence-electron chi connectivity index (χ4n) is 2.94. The predicted molar refractivity (Wildman–Crippen MR) is 69.0 cm³/mol. The monoisotopic (exact) mass is 244 g/mol. The molecule has 0 radical (unpaired) electrons. The maximum atomic E-state index is 11.9. The first-order valence-electron chi connectivity index (χ1n) is 6.25. The predicted octanol–water partition coefficient (Wildman–Crippen LogP) is 2.77. The number of carbonyl (C=O) groups is 1. The number of ether oxygens (including phenoxy) is 2. The number of benzene rings is 1. The minimum atomic E-state index is 0.311. The van der Waals surface area contributed by atoms with Gasteiger partial charge in [0.1, 0.15) is 0 Å². The van der Waals surface area contributed by atoms with E-state index in [1.807, 2.05) is 12.1 Å². The van der Waals surface area contributed by atoms with Crippen molar-refractivity contribution in [1.29, 1.82) is 0 Å². The van der Waals surface area contributed by atoms with Crippen molar-refractivity contribution in [3.8, 4) is 11.5 Å². The van der Waals surface area contributed by atoms with Crippen LogP contribution in [0, 0.1) is 0 Å². The molecule has 0 unspecified atom stereocenters. The maximum Gasteiger partial charge on any atom is 0.161 e. The van der Waals surface area contributed by atoms with E-state index in [0.29, 0.717) is 12.2 Å². The summed E-state index contributed by atoms with van der Waals surface area (Å²) in [4.78, 5) is 11.9. The van der Waals surface area contributed by atoms with E-state index in [1.165, 1.54) is 16.7 Å². The van der Waals surface area contributed by atoms with Gasteiger partial charge in [-0.2, -0.15) is 0 Å². The van der Waals surface area contributed by atoms with Gasteiger partial charge in [0, 0.05) is 18.4 Å². The molecule has 0 atom stereocenters. The summed E-state index contributed by atoms with van der Waals surface area (Å²) in [5, 5.41) is 0. The highest BCUT2D eigenvalue weighted by atomic mass is 16.5. The first-order valence-corrected chi connectivity index (χ1v) is 6.25. The summed E-state index contributed by atoms with van der Waals surface area (Å²) in [5.74, 6) is 1.79. The fraction of sp³-hybridized carbons (Fsp3) is 0.400. The molecule has 0 N–H and O–H groups in total. The van der Waals surface area contributed by atoms with Crippen molar-refractivity contribution in [2.75, 3.05) is 14.2 Å². The van der Waals surface area contributed by atoms with Crippen LogP contribution in [-0.2, 0) is 11.2 Å². The Labute approximate surface area is 106 Å². The van der Waals surface area contributed by atoms with Gasteiger partial charge in [0.2, 0.25) is 0 Å². The van der Waals surface area contributed by atoms with Crippen LogP contribution in [0.3, 0.4) is 0 Å². The zero-order valence-electron chi connectivity index (χ0n) is 10.7. The average Bonchev–Trinajstić information content (AvgIpc) is 2.76. The van der Waals surface area contributed by atoms with Crippen molar-refractivity contribution in [2.45, 2.75) is 25.7 Å². The fourth-order valence-corrected chi connectivity index (χ4v) is 2.94. The molecular formula is C15H16O3. The zero-order chi connectivity index (χ0) is 12.7. The van der Waals surface area contributed by atoms with Gasteiger partial charge in [0.15, 0.2) is 17.3 Å². The highest BCUT2D eigenvalue weighted by Gasteiger charge is 2.29. The molecule has 0 fully saturated rings. The second kappa shape index (κ2) is 4.16. The van der Waals surface area contributed by atoms with Gasteiger partial charge >= 0.3 is 0 Å². The molecule has 0 aliphatic heterocycles. The minimum Gasteiger partial charge on any atom is -0.493 e. The summed E-state index contributed by atoms with van der Waals surface area (Å²) >= 11 is 0. The van der Waals surface area contributed by atoms with E-state index < -0.39 is 0 Å². The minimum absolute atomic E-state index is 0.311. The molecular weight excluding hydrogens is 228 g/mol. The normalized spacial score (nSPS) is 17.6. The highest BCUT2D eigenvalue weighted by Crippen LogP contribution is 2.44. The van der Waals surface area contributed by atoms with Crippen molar-refractivity contribution in [3.63, 3.8) is 0 Å². The molecule has 0 bridgehead atoms. The van der Waals surface area contributed by atoms with Crippen molar-refractivity contribution >= 4 is 11.4 Å². The van der Waals surface area contributed by atoms with Crippen LogP contribution in [0.5, 0.6) is 11.5 Å². The van der Waals surface area contributed by atoms with Crippen LogP contribution in [0.25, 0.3) is 5.57 Å². The maximum absolute atomic E-state index is 11.9. The summed E-state index contributed by atoms with van der Waals surface area (Å²) < 4.78 is 10.6. The number of hydrogen-bond donors (Lipinski definition) is 0. The molecule has 18 heavy (non-hydrogen) atoms. The Morgan fingerprint density at radius 3 is 2.44 bits per heavy atom. The Hall–Kier alpha value is -1.77. The zero-order valence-corrected chi connectivity index (χ0v) is 10.7. The molecule has 0 aromatic heterocycles. The standard InChI is InChI=1S/C15H16O3/c1-17-14-7-9-6-12-10(4-3-5-13(12)16)11(9)8-15(14)18-2/h7-8H,3-6H2,1-2H3. The van der Waals surface area contributed by atoms with E-state index in [9.17, 15) is 4.79 Å². The number of Topliss-reactive ketones (excluding diaryl/α,β-unsaturated/α-hetero) is 1. The molecule has 94 valence electrons. The summed E-state index contributed by atoms with van der Waals surface area (Å²) in [5.41, 5.74) is 4.59.